The Hall–Kier alpha value is -6.03. The Morgan fingerprint density at radius 1 is 0.618 bits per heavy atom. The van der Waals surface area contributed by atoms with Crippen LogP contribution >= 0.6 is 12.6 Å². The highest BCUT2D eigenvalue weighted by Crippen LogP contribution is 2.46. The van der Waals surface area contributed by atoms with Crippen LogP contribution < -0.4 is 0 Å². The summed E-state index contributed by atoms with van der Waals surface area (Å²) in [4.78, 5) is 3.96. The molecule has 0 spiro atoms. The van der Waals surface area contributed by atoms with Gasteiger partial charge in [-0.2, -0.15) is 12.6 Å². The maximum atomic E-state index is 4.44. The van der Waals surface area contributed by atoms with Crippen LogP contribution in [-0.4, -0.2) is 15.6 Å². The van der Waals surface area contributed by atoms with Crippen molar-refractivity contribution in [3.63, 3.8) is 0 Å². The van der Waals surface area contributed by atoms with Crippen LogP contribution in [0.15, 0.2) is 128 Å². The molecule has 0 radical (unpaired) electrons. The highest BCUT2D eigenvalue weighted by Gasteiger charge is 2.23. The van der Waals surface area contributed by atoms with Crippen LogP contribution in [0.25, 0.3) is 106 Å². The van der Waals surface area contributed by atoms with E-state index in [9.17, 15) is 0 Å². The molecule has 1 N–H and O–H groups in total. The zero-order valence-corrected chi connectivity index (χ0v) is 32.2. The molecule has 9 aromatic rings. The van der Waals surface area contributed by atoms with Gasteiger partial charge in [0, 0.05) is 43.5 Å². The molecule has 5 bridgehead atoms. The van der Waals surface area contributed by atoms with Crippen molar-refractivity contribution < 1.29 is 0 Å². The first-order valence-electron chi connectivity index (χ1n) is 19.4. The van der Waals surface area contributed by atoms with Gasteiger partial charge < -0.3 is 9.38 Å². The van der Waals surface area contributed by atoms with Crippen LogP contribution in [0, 0.1) is 0 Å². The van der Waals surface area contributed by atoms with Crippen LogP contribution in [0.1, 0.15) is 53.3 Å². The fourth-order valence-electron chi connectivity index (χ4n) is 9.37. The largest absolute Gasteiger partial charge is 0.354 e. The van der Waals surface area contributed by atoms with Gasteiger partial charge in [-0.1, -0.05) is 110 Å². The van der Waals surface area contributed by atoms with Crippen molar-refractivity contribution in [3.05, 3.63) is 161 Å². The third-order valence-electron chi connectivity index (χ3n) is 11.9. The summed E-state index contributed by atoms with van der Waals surface area (Å²) < 4.78 is 2.51. The minimum absolute atomic E-state index is 1.11. The lowest BCUT2D eigenvalue weighted by molar-refractivity contribution is 0.986. The molecule has 3 heteroatoms. The van der Waals surface area contributed by atoms with Gasteiger partial charge in [0.1, 0.15) is 0 Å². The number of aryl methyl sites for hydroxylation is 2. The van der Waals surface area contributed by atoms with E-state index in [2.05, 4.69) is 181 Å². The quantitative estimate of drug-likeness (QED) is 0.133. The number of benzene rings is 6. The monoisotopic (exact) mass is 726 g/mol. The number of H-pyrrole nitrogens is 1. The van der Waals surface area contributed by atoms with E-state index >= 15 is 0 Å². The number of pyridine rings is 2. The second kappa shape index (κ2) is 13.4. The standard InChI is InChI=1S/C51H38N2.CH4S/c1-3-11-39-43-30-44-40-24-22-38(36-21-19-32-13-6-8-15-34(32)27-36)29-48(40)53(47(39)4-2)51-49(44)41-16-9-10-17-45(41)52-46-28-37(23-25-42(46)50(43)51)35-20-18-31-12-5-7-14-33(31)26-35;1-2/h3-4,7-11,14-30,52H,2,5-6,12-13H2,1H3;2H,1H3/b11-3-;. The second-order valence-electron chi connectivity index (χ2n) is 14.8. The van der Waals surface area contributed by atoms with E-state index < -0.39 is 0 Å². The van der Waals surface area contributed by atoms with Crippen LogP contribution in [0.2, 0.25) is 0 Å². The van der Waals surface area contributed by atoms with Crippen molar-refractivity contribution in [2.45, 2.75) is 32.6 Å². The van der Waals surface area contributed by atoms with Crippen LogP contribution in [0.4, 0.5) is 0 Å². The lowest BCUT2D eigenvalue weighted by atomic mass is 9.88. The van der Waals surface area contributed by atoms with E-state index in [0.717, 1.165) is 42.4 Å². The Bertz CT molecular complexity index is 3140. The van der Waals surface area contributed by atoms with E-state index in [1.165, 1.54) is 98.8 Å². The average Bonchev–Trinajstić information content (AvgIpc) is 3.24. The number of aromatic nitrogens is 2. The Labute approximate surface area is 327 Å². The molecule has 6 aromatic carbocycles. The molecule has 2 aliphatic carbocycles. The van der Waals surface area contributed by atoms with Crippen molar-refractivity contribution >= 4 is 96.7 Å². The third kappa shape index (κ3) is 5.17. The Kier molecular flexibility index (Phi) is 8.15. The van der Waals surface area contributed by atoms with Crippen molar-refractivity contribution in [2.75, 3.05) is 6.26 Å². The second-order valence-corrected chi connectivity index (χ2v) is 14.8. The molecule has 0 atom stereocenters. The number of fused-ring (bicyclic) bond motifs is 7. The molecule has 2 nitrogen and oxygen atoms in total. The smallest absolute Gasteiger partial charge is 0.0633 e. The summed E-state index contributed by atoms with van der Waals surface area (Å²) in [5.74, 6) is 0. The maximum absolute atomic E-state index is 4.44. The van der Waals surface area contributed by atoms with E-state index in [0.29, 0.717) is 0 Å². The first kappa shape index (κ1) is 33.5. The van der Waals surface area contributed by atoms with Gasteiger partial charge in [0.05, 0.1) is 16.7 Å². The summed E-state index contributed by atoms with van der Waals surface area (Å²) in [6, 6.07) is 39.3. The van der Waals surface area contributed by atoms with Crippen LogP contribution in [-0.2, 0) is 12.8 Å². The van der Waals surface area contributed by atoms with Gasteiger partial charge in [-0.3, -0.25) is 0 Å². The third-order valence-corrected chi connectivity index (χ3v) is 11.9. The summed E-state index contributed by atoms with van der Waals surface area (Å²) in [5, 5.41) is 8.69. The Morgan fingerprint density at radius 2 is 1.22 bits per heavy atom. The van der Waals surface area contributed by atoms with Gasteiger partial charge in [0.25, 0.3) is 0 Å². The van der Waals surface area contributed by atoms with Gasteiger partial charge in [0.15, 0.2) is 0 Å². The number of hydrogen-bond donors (Lipinski definition) is 2. The summed E-state index contributed by atoms with van der Waals surface area (Å²) in [5.41, 5.74) is 17.4. The predicted molar refractivity (Wildman–Crippen MR) is 245 cm³/mol. The fourth-order valence-corrected chi connectivity index (χ4v) is 9.37. The Balaban J connectivity index is 0.00000183. The lowest BCUT2D eigenvalue weighted by Crippen LogP contribution is -2.05. The van der Waals surface area contributed by atoms with Gasteiger partial charge in [-0.15, -0.1) is 0 Å². The number of rotatable bonds is 4. The number of para-hydroxylation sites is 1. The number of aromatic amines is 1. The van der Waals surface area contributed by atoms with Crippen molar-refractivity contribution in [2.24, 2.45) is 0 Å². The average molecular weight is 727 g/mol. The number of hydrogen-bond acceptors (Lipinski definition) is 1. The topological polar surface area (TPSA) is 20.2 Å². The van der Waals surface area contributed by atoms with E-state index in [1.807, 2.05) is 0 Å². The van der Waals surface area contributed by atoms with Crippen molar-refractivity contribution in [3.8, 4) is 22.3 Å². The molecule has 266 valence electrons. The van der Waals surface area contributed by atoms with Crippen LogP contribution in [0.3, 0.4) is 0 Å². The molecule has 0 saturated heterocycles. The van der Waals surface area contributed by atoms with Crippen LogP contribution in [0.5, 0.6) is 0 Å². The Morgan fingerprint density at radius 3 is 1.91 bits per heavy atom. The molecule has 0 aliphatic heterocycles. The summed E-state index contributed by atoms with van der Waals surface area (Å²) >= 11 is 3.53. The fraction of sp³-hybridized carbons (Fsp3) is 0.115. The molecule has 0 amide bonds. The van der Waals surface area contributed by atoms with E-state index in [-0.39, 0.29) is 0 Å². The summed E-state index contributed by atoms with van der Waals surface area (Å²) in [7, 11) is 0. The molecule has 3 aromatic heterocycles. The first-order chi connectivity index (χ1) is 27.2. The predicted octanol–water partition coefficient (Wildman–Crippen LogP) is 14.5. The zero-order valence-electron chi connectivity index (χ0n) is 31.3. The minimum atomic E-state index is 1.11. The molecule has 3 heterocycles. The van der Waals surface area contributed by atoms with Gasteiger partial charge in [-0.25, -0.2) is 0 Å². The molecule has 0 saturated carbocycles. The summed E-state index contributed by atoms with van der Waals surface area (Å²) in [6.07, 6.45) is 21.8. The first-order valence-corrected chi connectivity index (χ1v) is 20.3. The van der Waals surface area contributed by atoms with Gasteiger partial charge in [-0.05, 0) is 137 Å². The number of allylic oxidation sites excluding steroid dienone is 3. The molecule has 0 unspecified atom stereocenters. The molecule has 2 aliphatic rings. The van der Waals surface area contributed by atoms with E-state index in [1.54, 1.807) is 6.26 Å². The maximum Gasteiger partial charge on any atom is 0.0633 e. The highest BCUT2D eigenvalue weighted by molar-refractivity contribution is 7.79. The zero-order chi connectivity index (χ0) is 37.2. The lowest BCUT2D eigenvalue weighted by Gasteiger charge is -2.24. The molecular weight excluding hydrogens is 685 g/mol. The number of nitrogens with one attached hydrogen (secondary N) is 1. The molecule has 0 fully saturated rings. The highest BCUT2D eigenvalue weighted by atomic mass is 32.1. The SMILES string of the molecule is C=Cc1c(/C=C\C)c2cc3c4ccc(-c5ccc6c(c5)C=CCC6)cc4n1c1c2c2ccc(-c4ccc5c(c4)C=CCC5)cc2[nH]c2ccccc2c31.CS. The van der Waals surface area contributed by atoms with Gasteiger partial charge in [0.2, 0.25) is 0 Å². The minimum Gasteiger partial charge on any atom is -0.354 e. The van der Waals surface area contributed by atoms with Crippen molar-refractivity contribution in [1.29, 1.82) is 0 Å². The normalized spacial score (nSPS) is 13.7. The van der Waals surface area contributed by atoms with Crippen molar-refractivity contribution in [1.82, 2.24) is 9.38 Å². The summed E-state index contributed by atoms with van der Waals surface area (Å²) in [6.45, 7) is 6.55. The number of nitrogens with zero attached hydrogens (tertiary/aromatic N) is 1. The molecule has 55 heavy (non-hydrogen) atoms. The molecule has 11 rings (SSSR count). The molecular formula is C52H42N2S. The number of thiol groups is 1. The van der Waals surface area contributed by atoms with Gasteiger partial charge >= 0.3 is 0 Å². The van der Waals surface area contributed by atoms with E-state index in [4.69, 9.17) is 0 Å².